The van der Waals surface area contributed by atoms with Crippen LogP contribution in [0.3, 0.4) is 0 Å². The van der Waals surface area contributed by atoms with Gasteiger partial charge in [-0.15, -0.1) is 0 Å². The van der Waals surface area contributed by atoms with Crippen LogP contribution in [0.2, 0.25) is 0 Å². The predicted molar refractivity (Wildman–Crippen MR) is 124 cm³/mol. The molecular formula is C26H30N2O3. The summed E-state index contributed by atoms with van der Waals surface area (Å²) in [6.45, 7) is 6.37. The van der Waals surface area contributed by atoms with Crippen LogP contribution in [0.5, 0.6) is 5.75 Å². The van der Waals surface area contributed by atoms with E-state index in [2.05, 4.69) is 5.32 Å². The van der Waals surface area contributed by atoms with Crippen molar-refractivity contribution in [1.82, 2.24) is 0 Å². The van der Waals surface area contributed by atoms with Crippen molar-refractivity contribution in [1.29, 1.82) is 0 Å². The number of phenolic OH excluding ortho intramolecular Hbond substituents is 1. The fourth-order valence-corrected chi connectivity index (χ4v) is 4.68. The van der Waals surface area contributed by atoms with E-state index in [1.54, 1.807) is 17.0 Å². The Bertz CT molecular complexity index is 1040. The van der Waals surface area contributed by atoms with Gasteiger partial charge in [0.05, 0.1) is 11.3 Å². The molecule has 0 bridgehead atoms. The summed E-state index contributed by atoms with van der Waals surface area (Å²) in [5.41, 5.74) is 5.77. The molecule has 2 aromatic carbocycles. The number of rotatable bonds is 3. The number of hydrogen-bond acceptors (Lipinski definition) is 3. The fraction of sp³-hybridized carbons (Fsp3) is 0.385. The van der Waals surface area contributed by atoms with Gasteiger partial charge in [0, 0.05) is 23.7 Å². The van der Waals surface area contributed by atoms with Crippen molar-refractivity contribution in [3.63, 3.8) is 0 Å². The van der Waals surface area contributed by atoms with Crippen LogP contribution in [0.25, 0.3) is 5.57 Å². The summed E-state index contributed by atoms with van der Waals surface area (Å²) in [5, 5.41) is 13.4. The van der Waals surface area contributed by atoms with E-state index in [1.165, 1.54) is 6.42 Å². The molecule has 2 amide bonds. The quantitative estimate of drug-likeness (QED) is 0.674. The van der Waals surface area contributed by atoms with Crippen molar-refractivity contribution < 1.29 is 14.7 Å². The topological polar surface area (TPSA) is 69.6 Å². The number of nitrogens with zero attached hydrogens (tertiary/aromatic N) is 1. The lowest BCUT2D eigenvalue weighted by atomic mass is 9.88. The molecule has 162 valence electrons. The maximum atomic E-state index is 13.4. The number of anilines is 2. The second kappa shape index (κ2) is 8.58. The molecule has 2 N–H and O–H groups in total. The molecule has 1 saturated carbocycles. The molecule has 1 aliphatic carbocycles. The number of nitrogens with one attached hydrogen (secondary N) is 1. The first kappa shape index (κ1) is 21.2. The highest BCUT2D eigenvalue weighted by Gasteiger charge is 2.29. The Morgan fingerprint density at radius 2 is 1.77 bits per heavy atom. The lowest BCUT2D eigenvalue weighted by molar-refractivity contribution is -0.120. The van der Waals surface area contributed by atoms with Crippen LogP contribution < -0.4 is 10.2 Å². The van der Waals surface area contributed by atoms with Gasteiger partial charge in [0.1, 0.15) is 5.75 Å². The first-order valence-corrected chi connectivity index (χ1v) is 11.1. The van der Waals surface area contributed by atoms with E-state index in [9.17, 15) is 14.7 Å². The molecule has 0 atom stereocenters. The number of benzene rings is 2. The largest absolute Gasteiger partial charge is 0.507 e. The van der Waals surface area contributed by atoms with Gasteiger partial charge in [-0.2, -0.15) is 0 Å². The lowest BCUT2D eigenvalue weighted by Gasteiger charge is -2.32. The zero-order chi connectivity index (χ0) is 22.1. The van der Waals surface area contributed by atoms with Crippen LogP contribution >= 0.6 is 0 Å². The standard InChI is InChI=1S/C26H30N2O3/c1-16-8-7-11-23(29)24(16)26(31)28-15-17(2)18(3)21-14-20(12-13-22(21)28)27-25(30)19-9-5-4-6-10-19/h7-8,11-14,19,29H,4-6,9-10,15H2,1-3H3,(H,27,30). The number of allylic oxidation sites excluding steroid dienone is 1. The number of carbonyl (C=O) groups excluding carboxylic acids is 2. The summed E-state index contributed by atoms with van der Waals surface area (Å²) in [7, 11) is 0. The minimum atomic E-state index is -0.220. The maximum Gasteiger partial charge on any atom is 0.262 e. The van der Waals surface area contributed by atoms with E-state index in [4.69, 9.17) is 0 Å². The first-order chi connectivity index (χ1) is 14.9. The molecule has 1 aliphatic heterocycles. The molecule has 2 aliphatic rings. The highest BCUT2D eigenvalue weighted by molar-refractivity contribution is 6.11. The molecule has 0 saturated heterocycles. The summed E-state index contributed by atoms with van der Waals surface area (Å²) >= 11 is 0. The molecule has 4 rings (SSSR count). The Morgan fingerprint density at radius 1 is 1.03 bits per heavy atom. The number of hydrogen-bond donors (Lipinski definition) is 2. The van der Waals surface area contributed by atoms with Crippen LogP contribution in [0.15, 0.2) is 42.0 Å². The maximum absolute atomic E-state index is 13.4. The van der Waals surface area contributed by atoms with E-state index in [0.29, 0.717) is 12.1 Å². The number of carbonyl (C=O) groups is 2. The van der Waals surface area contributed by atoms with Gasteiger partial charge in [0.25, 0.3) is 5.91 Å². The number of phenols is 1. The third-order valence-corrected chi connectivity index (χ3v) is 6.68. The highest BCUT2D eigenvalue weighted by Crippen LogP contribution is 2.38. The van der Waals surface area contributed by atoms with Gasteiger partial charge in [0.2, 0.25) is 5.91 Å². The second-order valence-corrected chi connectivity index (χ2v) is 8.82. The first-order valence-electron chi connectivity index (χ1n) is 11.1. The third-order valence-electron chi connectivity index (χ3n) is 6.68. The molecule has 5 heteroatoms. The van der Waals surface area contributed by atoms with Gasteiger partial charge in [-0.3, -0.25) is 9.59 Å². The Kier molecular flexibility index (Phi) is 5.86. The normalized spacial score (nSPS) is 16.8. The van der Waals surface area contributed by atoms with E-state index < -0.39 is 0 Å². The molecule has 5 nitrogen and oxygen atoms in total. The smallest absolute Gasteiger partial charge is 0.262 e. The Morgan fingerprint density at radius 3 is 2.48 bits per heavy atom. The summed E-state index contributed by atoms with van der Waals surface area (Å²) in [5.74, 6) is -0.0496. The molecule has 2 aromatic rings. The Labute approximate surface area is 183 Å². The Hall–Kier alpha value is -3.08. The summed E-state index contributed by atoms with van der Waals surface area (Å²) < 4.78 is 0. The average Bonchev–Trinajstić information content (AvgIpc) is 2.76. The lowest BCUT2D eigenvalue weighted by Crippen LogP contribution is -2.36. The second-order valence-electron chi connectivity index (χ2n) is 8.82. The highest BCUT2D eigenvalue weighted by atomic mass is 16.3. The molecule has 31 heavy (non-hydrogen) atoms. The van der Waals surface area contributed by atoms with Gasteiger partial charge in [-0.05, 0) is 74.6 Å². The van der Waals surface area contributed by atoms with E-state index in [0.717, 1.165) is 59.3 Å². The Balaban J connectivity index is 1.65. The molecular weight excluding hydrogens is 388 g/mol. The molecule has 0 radical (unpaired) electrons. The molecule has 0 spiro atoms. The molecule has 1 fully saturated rings. The van der Waals surface area contributed by atoms with Gasteiger partial charge < -0.3 is 15.3 Å². The van der Waals surface area contributed by atoms with Crippen molar-refractivity contribution in [2.45, 2.75) is 52.9 Å². The SMILES string of the molecule is CC1=C(C)c2cc(NC(=O)C3CCCCC3)ccc2N(C(=O)c2c(C)cccc2O)C1. The van der Waals surface area contributed by atoms with Gasteiger partial charge in [0.15, 0.2) is 0 Å². The zero-order valence-electron chi connectivity index (χ0n) is 18.5. The minimum Gasteiger partial charge on any atom is -0.507 e. The fourth-order valence-electron chi connectivity index (χ4n) is 4.68. The molecule has 0 unspecified atom stereocenters. The minimum absolute atomic E-state index is 0.00755. The monoisotopic (exact) mass is 418 g/mol. The van der Waals surface area contributed by atoms with E-state index in [1.807, 2.05) is 45.0 Å². The van der Waals surface area contributed by atoms with E-state index in [-0.39, 0.29) is 23.5 Å². The van der Waals surface area contributed by atoms with Crippen LogP contribution in [-0.4, -0.2) is 23.5 Å². The summed E-state index contributed by atoms with van der Waals surface area (Å²) in [6.07, 6.45) is 5.36. The van der Waals surface area contributed by atoms with Crippen LogP contribution in [0, 0.1) is 12.8 Å². The zero-order valence-corrected chi connectivity index (χ0v) is 18.5. The number of aryl methyl sites for hydroxylation is 1. The molecule has 0 aromatic heterocycles. The van der Waals surface area contributed by atoms with Crippen molar-refractivity contribution in [3.8, 4) is 5.75 Å². The van der Waals surface area contributed by atoms with Crippen molar-refractivity contribution in [2.24, 2.45) is 5.92 Å². The summed E-state index contributed by atoms with van der Waals surface area (Å²) in [4.78, 5) is 27.8. The van der Waals surface area contributed by atoms with Crippen molar-refractivity contribution in [2.75, 3.05) is 16.8 Å². The molecule has 1 heterocycles. The van der Waals surface area contributed by atoms with E-state index >= 15 is 0 Å². The number of aromatic hydroxyl groups is 1. The third kappa shape index (κ3) is 4.09. The number of amides is 2. The van der Waals surface area contributed by atoms with Crippen LogP contribution in [0.1, 0.15) is 67.4 Å². The van der Waals surface area contributed by atoms with Crippen LogP contribution in [-0.2, 0) is 4.79 Å². The van der Waals surface area contributed by atoms with Gasteiger partial charge in [-0.25, -0.2) is 0 Å². The van der Waals surface area contributed by atoms with Crippen molar-refractivity contribution >= 4 is 28.8 Å². The van der Waals surface area contributed by atoms with Crippen LogP contribution in [0.4, 0.5) is 11.4 Å². The average molecular weight is 419 g/mol. The number of fused-ring (bicyclic) bond motifs is 1. The van der Waals surface area contributed by atoms with Gasteiger partial charge in [-0.1, -0.05) is 31.4 Å². The van der Waals surface area contributed by atoms with Gasteiger partial charge >= 0.3 is 0 Å². The summed E-state index contributed by atoms with van der Waals surface area (Å²) in [6, 6.07) is 10.8. The van der Waals surface area contributed by atoms with Crippen molar-refractivity contribution in [3.05, 3.63) is 58.7 Å². The predicted octanol–water partition coefficient (Wildman–Crippen LogP) is 5.67.